The number of benzene rings is 1. The van der Waals surface area contributed by atoms with E-state index in [2.05, 4.69) is 5.32 Å². The minimum Gasteiger partial charge on any atom is -0.480 e. The molecule has 1 aromatic rings. The smallest absolute Gasteiger partial charge is 0.407 e. The molecule has 0 aromatic heterocycles. The predicted molar refractivity (Wildman–Crippen MR) is 114 cm³/mol. The van der Waals surface area contributed by atoms with Crippen LogP contribution >= 0.6 is 0 Å². The Hall–Kier alpha value is -2.83. The van der Waals surface area contributed by atoms with Crippen LogP contribution in [0.15, 0.2) is 42.0 Å². The Balaban J connectivity index is 2.11. The average Bonchev–Trinajstić information content (AvgIpc) is 2.80. The van der Waals surface area contributed by atoms with Gasteiger partial charge in [-0.1, -0.05) is 42.0 Å². The number of amides is 2. The van der Waals surface area contributed by atoms with E-state index in [9.17, 15) is 19.5 Å². The molecule has 1 aromatic carbocycles. The first-order chi connectivity index (χ1) is 14.1. The van der Waals surface area contributed by atoms with Crippen molar-refractivity contribution in [2.45, 2.75) is 58.6 Å². The van der Waals surface area contributed by atoms with Crippen LogP contribution in [0.1, 0.15) is 46.1 Å². The van der Waals surface area contributed by atoms with E-state index < -0.39 is 29.6 Å². The highest BCUT2D eigenvalue weighted by Gasteiger charge is 2.32. The number of rotatable bonds is 7. The van der Waals surface area contributed by atoms with Crippen LogP contribution in [0.2, 0.25) is 0 Å². The Kier molecular flexibility index (Phi) is 8.03. The van der Waals surface area contributed by atoms with Crippen molar-refractivity contribution < 1.29 is 24.2 Å². The number of nitrogens with one attached hydrogen (secondary N) is 1. The van der Waals surface area contributed by atoms with Crippen molar-refractivity contribution in [1.29, 1.82) is 0 Å². The highest BCUT2D eigenvalue weighted by molar-refractivity contribution is 5.86. The van der Waals surface area contributed by atoms with Crippen LogP contribution in [-0.2, 0) is 20.7 Å². The fraction of sp³-hybridized carbons (Fsp3) is 0.522. The molecule has 2 unspecified atom stereocenters. The third kappa shape index (κ3) is 7.21. The van der Waals surface area contributed by atoms with E-state index >= 15 is 0 Å². The summed E-state index contributed by atoms with van der Waals surface area (Å²) in [7, 11) is 0. The van der Waals surface area contributed by atoms with Crippen LogP contribution in [0, 0.1) is 5.92 Å². The lowest BCUT2D eigenvalue weighted by atomic mass is 9.95. The Labute approximate surface area is 178 Å². The molecule has 0 saturated heterocycles. The van der Waals surface area contributed by atoms with Crippen LogP contribution in [0.4, 0.5) is 4.79 Å². The number of nitrogens with zero attached hydrogens (tertiary/aromatic N) is 1. The highest BCUT2D eigenvalue weighted by atomic mass is 16.6. The van der Waals surface area contributed by atoms with Crippen molar-refractivity contribution in [1.82, 2.24) is 10.2 Å². The third-order valence-corrected chi connectivity index (χ3v) is 4.95. The van der Waals surface area contributed by atoms with Crippen molar-refractivity contribution in [3.8, 4) is 0 Å². The number of hydrogen-bond donors (Lipinski definition) is 2. The van der Waals surface area contributed by atoms with Crippen molar-refractivity contribution in [2.75, 3.05) is 13.1 Å². The topological polar surface area (TPSA) is 95.9 Å². The first kappa shape index (κ1) is 23.4. The minimum atomic E-state index is -1.02. The molecular weight excluding hydrogens is 384 g/mol. The van der Waals surface area contributed by atoms with Gasteiger partial charge >= 0.3 is 12.1 Å². The zero-order chi connectivity index (χ0) is 22.3. The molecule has 0 aliphatic carbocycles. The summed E-state index contributed by atoms with van der Waals surface area (Å²) in [5.74, 6) is -1.63. The van der Waals surface area contributed by atoms with Crippen molar-refractivity contribution in [2.24, 2.45) is 5.92 Å². The molecule has 0 radical (unpaired) electrons. The molecule has 2 rings (SSSR count). The first-order valence-corrected chi connectivity index (χ1v) is 10.3. The zero-order valence-corrected chi connectivity index (χ0v) is 18.2. The zero-order valence-electron chi connectivity index (χ0n) is 18.2. The number of hydrogen-bond acceptors (Lipinski definition) is 4. The molecule has 7 heteroatoms. The molecule has 1 aliphatic rings. The normalized spacial score (nSPS) is 18.3. The van der Waals surface area contributed by atoms with Crippen LogP contribution < -0.4 is 5.32 Å². The van der Waals surface area contributed by atoms with Crippen molar-refractivity contribution in [3.63, 3.8) is 0 Å². The largest absolute Gasteiger partial charge is 0.480 e. The molecule has 0 bridgehead atoms. The molecule has 0 saturated carbocycles. The number of carbonyl (C=O) groups is 3. The molecule has 2 atom stereocenters. The van der Waals surface area contributed by atoms with E-state index in [0.717, 1.165) is 11.1 Å². The second-order valence-electron chi connectivity index (χ2n) is 8.60. The summed E-state index contributed by atoms with van der Waals surface area (Å²) in [5, 5.41) is 12.1. The lowest BCUT2D eigenvalue weighted by molar-refractivity contribution is -0.150. The molecule has 7 nitrogen and oxygen atoms in total. The molecule has 0 spiro atoms. The van der Waals surface area contributed by atoms with Crippen LogP contribution in [0.25, 0.3) is 0 Å². The van der Waals surface area contributed by atoms with E-state index in [1.807, 2.05) is 36.4 Å². The SMILES string of the molecule is CC(C(=O)O)N1CCC(CCNC(=O)OC(C)(C)C)=CC(Cc2ccccc2)C1=O. The number of carboxylic acid groups (broad SMARTS) is 1. The maximum Gasteiger partial charge on any atom is 0.407 e. The van der Waals surface area contributed by atoms with Crippen molar-refractivity contribution in [3.05, 3.63) is 47.5 Å². The van der Waals surface area contributed by atoms with Gasteiger partial charge in [-0.05, 0) is 52.5 Å². The third-order valence-electron chi connectivity index (χ3n) is 4.95. The molecule has 1 aliphatic heterocycles. The molecule has 30 heavy (non-hydrogen) atoms. The van der Waals surface area contributed by atoms with Gasteiger partial charge in [0.1, 0.15) is 11.6 Å². The number of alkyl carbamates (subject to hydrolysis) is 1. The Morgan fingerprint density at radius 3 is 2.53 bits per heavy atom. The Morgan fingerprint density at radius 1 is 1.27 bits per heavy atom. The van der Waals surface area contributed by atoms with Crippen LogP contribution in [0.5, 0.6) is 0 Å². The van der Waals surface area contributed by atoms with Gasteiger partial charge < -0.3 is 20.1 Å². The van der Waals surface area contributed by atoms with Gasteiger partial charge in [0, 0.05) is 13.1 Å². The number of carboxylic acids is 1. The van der Waals surface area contributed by atoms with Crippen LogP contribution in [0.3, 0.4) is 0 Å². The Morgan fingerprint density at radius 2 is 1.93 bits per heavy atom. The minimum absolute atomic E-state index is 0.177. The van der Waals surface area contributed by atoms with Gasteiger partial charge in [0.25, 0.3) is 0 Å². The van der Waals surface area contributed by atoms with E-state index in [1.165, 1.54) is 11.8 Å². The van der Waals surface area contributed by atoms with Crippen LogP contribution in [-0.4, -0.2) is 52.7 Å². The summed E-state index contributed by atoms with van der Waals surface area (Å²) in [6.07, 6.45) is 3.12. The monoisotopic (exact) mass is 416 g/mol. The first-order valence-electron chi connectivity index (χ1n) is 10.3. The Bertz CT molecular complexity index is 783. The van der Waals surface area contributed by atoms with Gasteiger partial charge in [-0.25, -0.2) is 9.59 Å². The lowest BCUT2D eigenvalue weighted by Gasteiger charge is -2.27. The second kappa shape index (κ2) is 10.3. The summed E-state index contributed by atoms with van der Waals surface area (Å²) in [5.41, 5.74) is 1.48. The summed E-state index contributed by atoms with van der Waals surface area (Å²) in [6, 6.07) is 8.79. The van der Waals surface area contributed by atoms with Gasteiger partial charge in [-0.2, -0.15) is 0 Å². The standard InChI is InChI=1S/C23H32N2O5/c1-16(21(27)28)25-13-11-18(10-12-24-22(29)30-23(2,3)4)15-19(20(25)26)14-17-8-6-5-7-9-17/h5-9,15-16,19H,10-14H2,1-4H3,(H,24,29)(H,27,28). The van der Waals surface area contributed by atoms with Gasteiger partial charge in [0.15, 0.2) is 0 Å². The molecule has 2 N–H and O–H groups in total. The number of carbonyl (C=O) groups excluding carboxylic acids is 2. The fourth-order valence-electron chi connectivity index (χ4n) is 3.41. The van der Waals surface area contributed by atoms with Gasteiger partial charge in [-0.15, -0.1) is 0 Å². The van der Waals surface area contributed by atoms with Crippen molar-refractivity contribution >= 4 is 18.0 Å². The van der Waals surface area contributed by atoms with Gasteiger partial charge in [0.05, 0.1) is 5.92 Å². The predicted octanol–water partition coefficient (Wildman–Crippen LogP) is 3.39. The van der Waals surface area contributed by atoms with E-state index in [-0.39, 0.29) is 5.91 Å². The van der Waals surface area contributed by atoms with E-state index in [0.29, 0.717) is 32.4 Å². The molecule has 164 valence electrons. The molecular formula is C23H32N2O5. The van der Waals surface area contributed by atoms with E-state index in [4.69, 9.17) is 4.74 Å². The molecule has 2 amide bonds. The molecule has 0 fully saturated rings. The number of ether oxygens (including phenoxy) is 1. The maximum atomic E-state index is 13.1. The maximum absolute atomic E-state index is 13.1. The average molecular weight is 417 g/mol. The fourth-order valence-corrected chi connectivity index (χ4v) is 3.41. The van der Waals surface area contributed by atoms with E-state index in [1.54, 1.807) is 20.8 Å². The summed E-state index contributed by atoms with van der Waals surface area (Å²) < 4.78 is 5.25. The van der Waals surface area contributed by atoms with Gasteiger partial charge in [-0.3, -0.25) is 4.79 Å². The number of aliphatic carboxylic acids is 1. The second-order valence-corrected chi connectivity index (χ2v) is 8.60. The van der Waals surface area contributed by atoms with Gasteiger partial charge in [0.2, 0.25) is 5.91 Å². The summed E-state index contributed by atoms with van der Waals surface area (Å²) in [4.78, 5) is 37.9. The lowest BCUT2D eigenvalue weighted by Crippen LogP contribution is -2.45. The molecule has 1 heterocycles. The quantitative estimate of drug-likeness (QED) is 0.664. The highest BCUT2D eigenvalue weighted by Crippen LogP contribution is 2.24. The summed E-state index contributed by atoms with van der Waals surface area (Å²) >= 11 is 0. The summed E-state index contributed by atoms with van der Waals surface area (Å²) in [6.45, 7) is 7.68.